The molecule has 0 bridgehead atoms. The van der Waals surface area contributed by atoms with E-state index in [1.54, 1.807) is 10.7 Å². The van der Waals surface area contributed by atoms with Crippen LogP contribution in [0.1, 0.15) is 40.3 Å². The third-order valence-electron chi connectivity index (χ3n) is 6.16. The van der Waals surface area contributed by atoms with Crippen LogP contribution in [0.25, 0.3) is 33.2 Å². The number of nitrogens with zero attached hydrogens (tertiary/aromatic N) is 3. The molecule has 2 aromatic carbocycles. The van der Waals surface area contributed by atoms with Crippen molar-refractivity contribution in [2.24, 2.45) is 7.05 Å². The highest BCUT2D eigenvalue weighted by molar-refractivity contribution is 5.93. The van der Waals surface area contributed by atoms with E-state index in [2.05, 4.69) is 15.4 Å². The Morgan fingerprint density at radius 3 is 2.69 bits per heavy atom. The van der Waals surface area contributed by atoms with Crippen LogP contribution in [0.4, 0.5) is 5.69 Å². The largest absolute Gasteiger partial charge is 0.464 e. The molecule has 182 valence electrons. The highest BCUT2D eigenvalue weighted by atomic mass is 16.5. The number of nitrogens with one attached hydrogen (secondary N) is 1. The summed E-state index contributed by atoms with van der Waals surface area (Å²) in [4.78, 5) is 29.8. The van der Waals surface area contributed by atoms with E-state index in [1.807, 2.05) is 70.4 Å². The predicted molar refractivity (Wildman–Crippen MR) is 139 cm³/mol. The monoisotopic (exact) mass is 482 g/mol. The first-order chi connectivity index (χ1) is 17.2. The predicted octanol–water partition coefficient (Wildman–Crippen LogP) is 5.32. The van der Waals surface area contributed by atoms with Gasteiger partial charge in [-0.15, -0.1) is 0 Å². The molecule has 0 spiro atoms. The van der Waals surface area contributed by atoms with Gasteiger partial charge in [0.25, 0.3) is 0 Å². The number of benzene rings is 2. The number of aryl methyl sites for hydroxylation is 3. The number of methoxy groups -OCH3 is 1. The van der Waals surface area contributed by atoms with Crippen molar-refractivity contribution >= 4 is 33.5 Å². The number of ether oxygens (including phenoxy) is 1. The molecule has 8 nitrogen and oxygen atoms in total. The van der Waals surface area contributed by atoms with E-state index in [0.29, 0.717) is 28.1 Å². The summed E-state index contributed by atoms with van der Waals surface area (Å²) in [5, 5.41) is 9.23. The Kier molecular flexibility index (Phi) is 5.80. The van der Waals surface area contributed by atoms with E-state index in [0.717, 1.165) is 27.6 Å². The summed E-state index contributed by atoms with van der Waals surface area (Å²) in [5.74, 6) is -0.0510. The molecule has 0 amide bonds. The lowest BCUT2D eigenvalue weighted by molar-refractivity contribution is 0.0595. The van der Waals surface area contributed by atoms with Crippen molar-refractivity contribution in [1.29, 1.82) is 0 Å². The Balaban J connectivity index is 1.62. The standard InChI is InChI=1S/C28H26N4O4/c1-15-10-20(17(3)30-23-8-6-16(2)29-26(23)28(34)35-5)27-21(11-15)24(33)13-25(36-27)18-7-9-22-19(12-18)14-32(4)31-22/h6-14,17,30H,1-5H3. The number of pyridine rings is 1. The molecular formula is C28H26N4O4. The van der Waals surface area contributed by atoms with Crippen molar-refractivity contribution < 1.29 is 13.9 Å². The van der Waals surface area contributed by atoms with Gasteiger partial charge in [-0.3, -0.25) is 9.48 Å². The van der Waals surface area contributed by atoms with Crippen molar-refractivity contribution in [2.45, 2.75) is 26.8 Å². The number of aromatic nitrogens is 3. The highest BCUT2D eigenvalue weighted by Gasteiger charge is 2.20. The zero-order valence-electron chi connectivity index (χ0n) is 20.7. The van der Waals surface area contributed by atoms with Gasteiger partial charge in [-0.2, -0.15) is 5.10 Å². The molecule has 1 atom stereocenters. The number of esters is 1. The van der Waals surface area contributed by atoms with Crippen LogP contribution in [0.5, 0.6) is 0 Å². The summed E-state index contributed by atoms with van der Waals surface area (Å²) >= 11 is 0. The molecule has 1 N–H and O–H groups in total. The van der Waals surface area contributed by atoms with E-state index in [9.17, 15) is 9.59 Å². The minimum absolute atomic E-state index is 0.123. The van der Waals surface area contributed by atoms with Crippen molar-refractivity contribution in [2.75, 3.05) is 12.4 Å². The van der Waals surface area contributed by atoms with Crippen molar-refractivity contribution in [3.05, 3.63) is 87.5 Å². The van der Waals surface area contributed by atoms with E-state index in [1.165, 1.54) is 13.2 Å². The van der Waals surface area contributed by atoms with Crippen LogP contribution >= 0.6 is 0 Å². The second-order valence-electron chi connectivity index (χ2n) is 8.99. The number of hydrogen-bond donors (Lipinski definition) is 1. The van der Waals surface area contributed by atoms with Crippen molar-refractivity contribution in [3.63, 3.8) is 0 Å². The van der Waals surface area contributed by atoms with Gasteiger partial charge in [-0.05, 0) is 62.7 Å². The number of fused-ring (bicyclic) bond motifs is 2. The van der Waals surface area contributed by atoms with E-state index in [-0.39, 0.29) is 17.2 Å². The lowest BCUT2D eigenvalue weighted by Crippen LogP contribution is -2.15. The van der Waals surface area contributed by atoms with Gasteiger partial charge in [0.2, 0.25) is 0 Å². The average Bonchev–Trinajstić information content (AvgIpc) is 3.23. The molecule has 36 heavy (non-hydrogen) atoms. The van der Waals surface area contributed by atoms with Gasteiger partial charge in [-0.1, -0.05) is 6.07 Å². The summed E-state index contributed by atoms with van der Waals surface area (Å²) in [5.41, 5.74) is 5.19. The number of carbonyl (C=O) groups excluding carboxylic acids is 1. The molecule has 3 aromatic heterocycles. The summed E-state index contributed by atoms with van der Waals surface area (Å²) < 4.78 is 13.0. The normalized spacial score (nSPS) is 12.1. The van der Waals surface area contributed by atoms with Gasteiger partial charge in [0, 0.05) is 41.5 Å². The second-order valence-corrected chi connectivity index (χ2v) is 8.99. The van der Waals surface area contributed by atoms with Crippen LogP contribution in [0.2, 0.25) is 0 Å². The molecule has 8 heteroatoms. The maximum absolute atomic E-state index is 13.2. The van der Waals surface area contributed by atoms with E-state index in [4.69, 9.17) is 9.15 Å². The van der Waals surface area contributed by atoms with Gasteiger partial charge in [0.1, 0.15) is 11.3 Å². The first-order valence-corrected chi connectivity index (χ1v) is 11.6. The zero-order chi connectivity index (χ0) is 25.6. The number of anilines is 1. The fourth-order valence-electron chi connectivity index (χ4n) is 4.44. The molecule has 0 saturated carbocycles. The lowest BCUT2D eigenvalue weighted by atomic mass is 10.00. The smallest absolute Gasteiger partial charge is 0.358 e. The second kappa shape index (κ2) is 8.96. The molecule has 5 rings (SSSR count). The van der Waals surface area contributed by atoms with Crippen LogP contribution in [0.15, 0.2) is 63.9 Å². The van der Waals surface area contributed by atoms with Crippen LogP contribution in [-0.2, 0) is 11.8 Å². The van der Waals surface area contributed by atoms with Crippen LogP contribution in [0, 0.1) is 13.8 Å². The minimum Gasteiger partial charge on any atom is -0.464 e. The van der Waals surface area contributed by atoms with E-state index >= 15 is 0 Å². The van der Waals surface area contributed by atoms with Gasteiger partial charge >= 0.3 is 5.97 Å². The molecule has 0 radical (unpaired) electrons. The van der Waals surface area contributed by atoms with Crippen molar-refractivity contribution in [3.8, 4) is 11.3 Å². The summed E-state index contributed by atoms with van der Waals surface area (Å²) in [6, 6.07) is 14.4. The Morgan fingerprint density at radius 1 is 1.11 bits per heavy atom. The number of rotatable bonds is 5. The summed E-state index contributed by atoms with van der Waals surface area (Å²) in [6.07, 6.45) is 1.92. The van der Waals surface area contributed by atoms with Gasteiger partial charge in [0.05, 0.1) is 29.7 Å². The molecule has 5 aromatic rings. The average molecular weight is 483 g/mol. The highest BCUT2D eigenvalue weighted by Crippen LogP contribution is 2.32. The fourth-order valence-corrected chi connectivity index (χ4v) is 4.44. The van der Waals surface area contributed by atoms with Crippen LogP contribution in [-0.4, -0.2) is 27.8 Å². The van der Waals surface area contributed by atoms with Crippen LogP contribution < -0.4 is 10.7 Å². The number of hydrogen-bond acceptors (Lipinski definition) is 7. The molecular weight excluding hydrogens is 456 g/mol. The number of carbonyl (C=O) groups is 1. The fraction of sp³-hybridized carbons (Fsp3) is 0.214. The first-order valence-electron chi connectivity index (χ1n) is 11.6. The Bertz CT molecular complexity index is 1700. The molecule has 0 aliphatic carbocycles. The van der Waals surface area contributed by atoms with E-state index < -0.39 is 5.97 Å². The SMILES string of the molecule is COC(=O)c1nc(C)ccc1NC(C)c1cc(C)cc2c(=O)cc(-c3ccc4nn(C)cc4c3)oc12. The Morgan fingerprint density at radius 2 is 1.92 bits per heavy atom. The molecule has 1 unspecified atom stereocenters. The zero-order valence-corrected chi connectivity index (χ0v) is 20.7. The van der Waals surface area contributed by atoms with Crippen molar-refractivity contribution in [1.82, 2.24) is 14.8 Å². The molecule has 0 aliphatic heterocycles. The van der Waals surface area contributed by atoms with Crippen LogP contribution in [0.3, 0.4) is 0 Å². The Labute approximate surface area is 207 Å². The minimum atomic E-state index is -0.526. The summed E-state index contributed by atoms with van der Waals surface area (Å²) in [7, 11) is 3.20. The Hall–Kier alpha value is -4.46. The third-order valence-corrected chi connectivity index (χ3v) is 6.16. The summed E-state index contributed by atoms with van der Waals surface area (Å²) in [6.45, 7) is 5.70. The molecule has 3 heterocycles. The van der Waals surface area contributed by atoms with Gasteiger partial charge < -0.3 is 14.5 Å². The van der Waals surface area contributed by atoms with Gasteiger partial charge in [-0.25, -0.2) is 9.78 Å². The molecule has 0 fully saturated rings. The molecule has 0 aliphatic rings. The lowest BCUT2D eigenvalue weighted by Gasteiger charge is -2.19. The topological polar surface area (TPSA) is 99.2 Å². The maximum atomic E-state index is 13.2. The van der Waals surface area contributed by atoms with Gasteiger partial charge in [0.15, 0.2) is 11.1 Å². The molecule has 0 saturated heterocycles. The maximum Gasteiger partial charge on any atom is 0.358 e. The third kappa shape index (κ3) is 4.22. The first kappa shape index (κ1) is 23.3. The quantitative estimate of drug-likeness (QED) is 0.339.